The molecule has 4 nitrogen and oxygen atoms in total. The molecule has 2 N–H and O–H groups in total. The first kappa shape index (κ1) is 8.39. The summed E-state index contributed by atoms with van der Waals surface area (Å²) in [7, 11) is 3.58. The van der Waals surface area contributed by atoms with E-state index in [0.717, 1.165) is 0 Å². The van der Waals surface area contributed by atoms with Gasteiger partial charge < -0.3 is 15.3 Å². The number of aliphatic hydroxyl groups is 1. The lowest BCUT2D eigenvalue weighted by Crippen LogP contribution is -2.33. The third kappa shape index (κ3) is 5.26. The molecular formula is C5H12N2O2. The molecule has 0 heterocycles. The smallest absolute Gasteiger partial charge is 0.235 e. The number of amides is 1. The number of nitrogens with zero attached hydrogens (tertiary/aromatic N) is 1. The minimum atomic E-state index is -0.285. The van der Waals surface area contributed by atoms with Crippen LogP contribution in [-0.4, -0.2) is 43.3 Å². The van der Waals surface area contributed by atoms with Crippen molar-refractivity contribution < 1.29 is 9.90 Å². The molecule has 0 aromatic rings. The highest BCUT2D eigenvalue weighted by Gasteiger charge is 1.98. The molecule has 0 aromatic carbocycles. The molecule has 4 heteroatoms. The normalized spacial score (nSPS) is 9.78. The van der Waals surface area contributed by atoms with E-state index in [1.54, 1.807) is 19.0 Å². The summed E-state index contributed by atoms with van der Waals surface area (Å²) in [6.07, 6.45) is 0. The third-order valence-corrected chi connectivity index (χ3v) is 0.736. The molecule has 0 saturated carbocycles. The van der Waals surface area contributed by atoms with E-state index in [1.165, 1.54) is 0 Å². The first-order chi connectivity index (χ1) is 4.16. The molecule has 0 spiro atoms. The van der Waals surface area contributed by atoms with Gasteiger partial charge in [-0.25, -0.2) is 0 Å². The Morgan fingerprint density at radius 3 is 2.56 bits per heavy atom. The Bertz CT molecular complexity index is 93.0. The zero-order valence-corrected chi connectivity index (χ0v) is 5.72. The van der Waals surface area contributed by atoms with Crippen molar-refractivity contribution in [3.63, 3.8) is 0 Å². The molecule has 0 saturated heterocycles. The number of aliphatic hydroxyl groups excluding tert-OH is 1. The van der Waals surface area contributed by atoms with Crippen molar-refractivity contribution in [2.24, 2.45) is 0 Å². The van der Waals surface area contributed by atoms with E-state index < -0.39 is 0 Å². The largest absolute Gasteiger partial charge is 0.377 e. The molecule has 0 atom stereocenters. The number of nitrogens with one attached hydrogen (secondary N) is 1. The van der Waals surface area contributed by atoms with Crippen LogP contribution in [0.2, 0.25) is 0 Å². The second-order valence-corrected chi connectivity index (χ2v) is 2.00. The van der Waals surface area contributed by atoms with E-state index in [4.69, 9.17) is 5.11 Å². The van der Waals surface area contributed by atoms with Crippen LogP contribution in [0.25, 0.3) is 0 Å². The molecule has 0 radical (unpaired) electrons. The number of likely N-dealkylation sites (N-methyl/N-ethyl adjacent to an activating group) is 1. The first-order valence-corrected chi connectivity index (χ1v) is 2.69. The van der Waals surface area contributed by atoms with Gasteiger partial charge in [-0.2, -0.15) is 0 Å². The van der Waals surface area contributed by atoms with Gasteiger partial charge in [0.05, 0.1) is 6.54 Å². The number of rotatable bonds is 3. The Labute approximate surface area is 54.5 Å². The van der Waals surface area contributed by atoms with Gasteiger partial charge in [-0.15, -0.1) is 0 Å². The van der Waals surface area contributed by atoms with E-state index >= 15 is 0 Å². The summed E-state index contributed by atoms with van der Waals surface area (Å²) in [5.41, 5.74) is 0. The Kier molecular flexibility index (Phi) is 4.00. The van der Waals surface area contributed by atoms with Gasteiger partial charge >= 0.3 is 0 Å². The second kappa shape index (κ2) is 4.29. The van der Waals surface area contributed by atoms with E-state index in [9.17, 15) is 4.79 Å². The first-order valence-electron chi connectivity index (χ1n) is 2.69. The zero-order valence-electron chi connectivity index (χ0n) is 5.72. The van der Waals surface area contributed by atoms with Gasteiger partial charge in [0.25, 0.3) is 0 Å². The monoisotopic (exact) mass is 132 g/mol. The van der Waals surface area contributed by atoms with E-state index in [2.05, 4.69) is 5.32 Å². The minimum absolute atomic E-state index is 0.164. The van der Waals surface area contributed by atoms with Crippen molar-refractivity contribution in [1.29, 1.82) is 0 Å². The zero-order chi connectivity index (χ0) is 7.28. The summed E-state index contributed by atoms with van der Waals surface area (Å²) in [4.78, 5) is 12.3. The molecule has 9 heavy (non-hydrogen) atoms. The molecule has 0 fully saturated rings. The van der Waals surface area contributed by atoms with Crippen LogP contribution < -0.4 is 5.32 Å². The van der Waals surface area contributed by atoms with Crippen LogP contribution in [0.15, 0.2) is 0 Å². The SMILES string of the molecule is CN(C)CC(=O)NCO. The Morgan fingerprint density at radius 2 is 2.22 bits per heavy atom. The van der Waals surface area contributed by atoms with Crippen molar-refractivity contribution in [2.45, 2.75) is 0 Å². The van der Waals surface area contributed by atoms with Gasteiger partial charge in [-0.3, -0.25) is 4.79 Å². The number of carbonyl (C=O) groups excluding carboxylic acids is 1. The topological polar surface area (TPSA) is 52.6 Å². The average Bonchev–Trinajstić information content (AvgIpc) is 1.63. The molecule has 0 aliphatic carbocycles. The molecule has 0 aromatic heterocycles. The summed E-state index contributed by atoms with van der Waals surface area (Å²) in [6, 6.07) is 0. The van der Waals surface area contributed by atoms with Gasteiger partial charge in [0, 0.05) is 0 Å². The standard InChI is InChI=1S/C5H12N2O2/c1-7(2)3-5(9)6-4-8/h8H,3-4H2,1-2H3,(H,6,9). The fourth-order valence-electron chi connectivity index (χ4n) is 0.431. The van der Waals surface area contributed by atoms with Gasteiger partial charge in [-0.1, -0.05) is 0 Å². The Morgan fingerprint density at radius 1 is 1.67 bits per heavy atom. The van der Waals surface area contributed by atoms with Crippen molar-refractivity contribution in [3.05, 3.63) is 0 Å². The molecule has 0 bridgehead atoms. The predicted octanol–water partition coefficient (Wildman–Crippen LogP) is -1.39. The van der Waals surface area contributed by atoms with Crippen LogP contribution in [0.5, 0.6) is 0 Å². The van der Waals surface area contributed by atoms with Crippen LogP contribution in [0, 0.1) is 0 Å². The maximum absolute atomic E-state index is 10.5. The summed E-state index contributed by atoms with van der Waals surface area (Å²) >= 11 is 0. The Balaban J connectivity index is 3.27. The van der Waals surface area contributed by atoms with Crippen LogP contribution in [-0.2, 0) is 4.79 Å². The van der Waals surface area contributed by atoms with Crippen molar-refractivity contribution in [1.82, 2.24) is 10.2 Å². The van der Waals surface area contributed by atoms with Gasteiger partial charge in [0.1, 0.15) is 6.73 Å². The maximum atomic E-state index is 10.5. The van der Waals surface area contributed by atoms with Crippen molar-refractivity contribution >= 4 is 5.91 Å². The van der Waals surface area contributed by atoms with Gasteiger partial charge in [0.2, 0.25) is 5.91 Å². The quantitative estimate of drug-likeness (QED) is 0.465. The fourth-order valence-corrected chi connectivity index (χ4v) is 0.431. The van der Waals surface area contributed by atoms with Crippen LogP contribution >= 0.6 is 0 Å². The number of hydrogen-bond donors (Lipinski definition) is 2. The third-order valence-electron chi connectivity index (χ3n) is 0.736. The lowest BCUT2D eigenvalue weighted by atomic mass is 10.5. The van der Waals surface area contributed by atoms with Crippen LogP contribution in [0.4, 0.5) is 0 Å². The minimum Gasteiger partial charge on any atom is -0.377 e. The molecule has 0 rings (SSSR count). The highest BCUT2D eigenvalue weighted by atomic mass is 16.3. The molecular weight excluding hydrogens is 120 g/mol. The molecule has 54 valence electrons. The molecule has 0 unspecified atom stereocenters. The summed E-state index contributed by atoms with van der Waals surface area (Å²) in [6.45, 7) is 0.0350. The van der Waals surface area contributed by atoms with E-state index in [0.29, 0.717) is 6.54 Å². The van der Waals surface area contributed by atoms with Crippen molar-refractivity contribution in [2.75, 3.05) is 27.4 Å². The van der Waals surface area contributed by atoms with Gasteiger partial charge in [-0.05, 0) is 14.1 Å². The lowest BCUT2D eigenvalue weighted by molar-refractivity contribution is -0.122. The van der Waals surface area contributed by atoms with Crippen LogP contribution in [0.3, 0.4) is 0 Å². The second-order valence-electron chi connectivity index (χ2n) is 2.00. The fraction of sp³-hybridized carbons (Fsp3) is 0.800. The summed E-state index contributed by atoms with van der Waals surface area (Å²) in [5, 5.41) is 10.5. The summed E-state index contributed by atoms with van der Waals surface area (Å²) < 4.78 is 0. The molecule has 0 aliphatic rings. The lowest BCUT2D eigenvalue weighted by Gasteiger charge is -2.07. The van der Waals surface area contributed by atoms with E-state index in [1.807, 2.05) is 0 Å². The highest BCUT2D eigenvalue weighted by Crippen LogP contribution is 1.71. The predicted molar refractivity (Wildman–Crippen MR) is 33.8 cm³/mol. The maximum Gasteiger partial charge on any atom is 0.235 e. The average molecular weight is 132 g/mol. The summed E-state index contributed by atoms with van der Waals surface area (Å²) in [5.74, 6) is -0.164. The van der Waals surface area contributed by atoms with E-state index in [-0.39, 0.29) is 12.6 Å². The van der Waals surface area contributed by atoms with Crippen LogP contribution in [0.1, 0.15) is 0 Å². The number of hydrogen-bond acceptors (Lipinski definition) is 3. The van der Waals surface area contributed by atoms with Crippen molar-refractivity contribution in [3.8, 4) is 0 Å². The molecule has 0 aliphatic heterocycles. The Hall–Kier alpha value is -0.610. The van der Waals surface area contributed by atoms with Gasteiger partial charge in [0.15, 0.2) is 0 Å². The number of carbonyl (C=O) groups is 1. The molecule has 1 amide bonds. The highest BCUT2D eigenvalue weighted by molar-refractivity contribution is 5.77.